The van der Waals surface area contributed by atoms with Crippen LogP contribution in [0.1, 0.15) is 32.3 Å². The fourth-order valence-corrected chi connectivity index (χ4v) is 3.99. The number of urea groups is 1. The van der Waals surface area contributed by atoms with Crippen molar-refractivity contribution in [2.24, 2.45) is 0 Å². The molecule has 3 rings (SSSR count). The third-order valence-corrected chi connectivity index (χ3v) is 5.99. The minimum absolute atomic E-state index is 0.0668. The molecular weight excluding hydrogens is 403 g/mol. The Bertz CT molecular complexity index is 943. The van der Waals surface area contributed by atoms with Crippen LogP contribution in [0.15, 0.2) is 24.4 Å². The molecule has 3 amide bonds. The van der Waals surface area contributed by atoms with Gasteiger partial charge in [0.15, 0.2) is 5.82 Å². The normalized spacial score (nSPS) is 15.5. The molecule has 1 aliphatic rings. The molecule has 0 bridgehead atoms. The molecule has 0 atom stereocenters. The van der Waals surface area contributed by atoms with Crippen molar-refractivity contribution < 1.29 is 18.7 Å². The van der Waals surface area contributed by atoms with E-state index < -0.39 is 11.8 Å². The number of hydrogen-bond acceptors (Lipinski definition) is 5. The van der Waals surface area contributed by atoms with Gasteiger partial charge in [-0.2, -0.15) is 5.10 Å². The lowest BCUT2D eigenvalue weighted by atomic mass is 9.88. The third kappa shape index (κ3) is 4.57. The second-order valence-electron chi connectivity index (χ2n) is 7.63. The van der Waals surface area contributed by atoms with Crippen molar-refractivity contribution in [2.75, 3.05) is 42.3 Å². The van der Waals surface area contributed by atoms with Gasteiger partial charge in [0.1, 0.15) is 5.82 Å². The first kappa shape index (κ1) is 22.4. The van der Waals surface area contributed by atoms with Gasteiger partial charge in [-0.25, -0.2) is 14.0 Å². The molecule has 2 heterocycles. The van der Waals surface area contributed by atoms with Crippen LogP contribution in [0.25, 0.3) is 0 Å². The van der Waals surface area contributed by atoms with E-state index >= 15 is 0 Å². The molecule has 9 nitrogen and oxygen atoms in total. The number of carbonyl (C=O) groups is 2. The number of ether oxygens (including phenoxy) is 1. The molecule has 1 fully saturated rings. The van der Waals surface area contributed by atoms with Crippen molar-refractivity contribution in [2.45, 2.75) is 39.2 Å². The lowest BCUT2D eigenvalue weighted by Crippen LogP contribution is -2.63. The van der Waals surface area contributed by atoms with E-state index in [0.29, 0.717) is 25.5 Å². The number of nitrogens with zero attached hydrogens (tertiary/aromatic N) is 3. The van der Waals surface area contributed by atoms with Gasteiger partial charge in [0.25, 0.3) is 0 Å². The van der Waals surface area contributed by atoms with Crippen molar-refractivity contribution >= 4 is 29.3 Å². The highest BCUT2D eigenvalue weighted by Crippen LogP contribution is 2.33. The summed E-state index contributed by atoms with van der Waals surface area (Å²) >= 11 is 0. The van der Waals surface area contributed by atoms with Gasteiger partial charge in [-0.3, -0.25) is 15.3 Å². The van der Waals surface area contributed by atoms with E-state index in [0.717, 1.165) is 24.1 Å². The molecule has 31 heavy (non-hydrogen) atoms. The zero-order valence-electron chi connectivity index (χ0n) is 18.3. The topological polar surface area (TPSA) is 103 Å². The SMILES string of the molecule is CCC1(CC)CN(c2ccc(F)c(NC(=O)Nc3n[nH]cc3C)c2)CCN1C(=O)OC. The molecule has 168 valence electrons. The maximum atomic E-state index is 14.4. The molecule has 3 N–H and O–H groups in total. The average molecular weight is 433 g/mol. The van der Waals surface area contributed by atoms with Crippen LogP contribution in [0.2, 0.25) is 0 Å². The maximum Gasteiger partial charge on any atom is 0.410 e. The number of aromatic nitrogens is 2. The number of rotatable bonds is 5. The lowest BCUT2D eigenvalue weighted by molar-refractivity contribution is 0.0483. The first-order chi connectivity index (χ1) is 14.8. The number of hydrogen-bond donors (Lipinski definition) is 3. The van der Waals surface area contributed by atoms with E-state index in [2.05, 4.69) is 25.7 Å². The Kier molecular flexibility index (Phi) is 6.67. The van der Waals surface area contributed by atoms with E-state index in [1.807, 2.05) is 13.8 Å². The minimum atomic E-state index is -0.585. The number of anilines is 3. The Balaban J connectivity index is 1.78. The molecule has 0 saturated carbocycles. The van der Waals surface area contributed by atoms with Crippen molar-refractivity contribution in [3.05, 3.63) is 35.8 Å². The monoisotopic (exact) mass is 432 g/mol. The van der Waals surface area contributed by atoms with Crippen molar-refractivity contribution in [1.82, 2.24) is 15.1 Å². The fourth-order valence-electron chi connectivity index (χ4n) is 3.99. The smallest absolute Gasteiger partial charge is 0.410 e. The Morgan fingerprint density at radius 3 is 2.61 bits per heavy atom. The number of benzene rings is 1. The Hall–Kier alpha value is -3.30. The summed E-state index contributed by atoms with van der Waals surface area (Å²) in [5.74, 6) is -0.160. The van der Waals surface area contributed by atoms with E-state index in [4.69, 9.17) is 4.74 Å². The molecule has 0 unspecified atom stereocenters. The highest BCUT2D eigenvalue weighted by molar-refractivity contribution is 5.99. The van der Waals surface area contributed by atoms with Gasteiger partial charge in [-0.15, -0.1) is 0 Å². The molecule has 1 aromatic carbocycles. The number of H-pyrrole nitrogens is 1. The van der Waals surface area contributed by atoms with Gasteiger partial charge < -0.3 is 15.0 Å². The summed E-state index contributed by atoms with van der Waals surface area (Å²) in [6.07, 6.45) is 2.83. The zero-order chi connectivity index (χ0) is 22.6. The second kappa shape index (κ2) is 9.23. The Morgan fingerprint density at radius 2 is 2.00 bits per heavy atom. The van der Waals surface area contributed by atoms with Crippen molar-refractivity contribution in [3.63, 3.8) is 0 Å². The number of methoxy groups -OCH3 is 1. The summed E-state index contributed by atoms with van der Waals surface area (Å²) in [5.41, 5.74) is 1.21. The molecule has 0 spiro atoms. The van der Waals surface area contributed by atoms with Gasteiger partial charge in [0, 0.05) is 37.1 Å². The standard InChI is InChI=1S/C21H29FN6O3/c1-5-21(6-2)13-27(9-10-28(21)20(30)31-4)15-7-8-16(22)17(11-15)24-19(29)25-18-14(3)12-23-26-18/h7-8,11-12H,5-6,9-10,13H2,1-4H3,(H3,23,24,25,26,29). The van der Waals surface area contributed by atoms with Crippen LogP contribution >= 0.6 is 0 Å². The number of halogens is 1. The molecule has 1 aliphatic heterocycles. The van der Waals surface area contributed by atoms with Gasteiger partial charge in [0.05, 0.1) is 18.3 Å². The van der Waals surface area contributed by atoms with Gasteiger partial charge in [0.2, 0.25) is 0 Å². The van der Waals surface area contributed by atoms with Crippen LogP contribution in [-0.4, -0.2) is 59.5 Å². The van der Waals surface area contributed by atoms with Gasteiger partial charge in [-0.05, 0) is 38.0 Å². The van der Waals surface area contributed by atoms with Crippen LogP contribution in [0.4, 0.5) is 31.2 Å². The minimum Gasteiger partial charge on any atom is -0.453 e. The molecule has 1 saturated heterocycles. The quantitative estimate of drug-likeness (QED) is 0.664. The average Bonchev–Trinajstić information content (AvgIpc) is 3.18. The Labute approximate surface area is 180 Å². The number of nitrogens with one attached hydrogen (secondary N) is 3. The number of aryl methyl sites for hydroxylation is 1. The van der Waals surface area contributed by atoms with Crippen LogP contribution in [0, 0.1) is 12.7 Å². The summed E-state index contributed by atoms with van der Waals surface area (Å²) in [5, 5.41) is 11.7. The number of carbonyl (C=O) groups excluding carboxylic acids is 2. The predicted molar refractivity (Wildman–Crippen MR) is 117 cm³/mol. The van der Waals surface area contributed by atoms with Crippen LogP contribution < -0.4 is 15.5 Å². The summed E-state index contributed by atoms with van der Waals surface area (Å²) in [4.78, 5) is 28.5. The zero-order valence-corrected chi connectivity index (χ0v) is 18.3. The first-order valence-corrected chi connectivity index (χ1v) is 10.3. The Morgan fingerprint density at radius 1 is 1.26 bits per heavy atom. The largest absolute Gasteiger partial charge is 0.453 e. The maximum absolute atomic E-state index is 14.4. The first-order valence-electron chi connectivity index (χ1n) is 10.3. The van der Waals surface area contributed by atoms with E-state index in [1.54, 1.807) is 30.2 Å². The molecular formula is C21H29FN6O3. The molecule has 1 aromatic heterocycles. The van der Waals surface area contributed by atoms with Gasteiger partial charge in [-0.1, -0.05) is 13.8 Å². The van der Waals surface area contributed by atoms with Gasteiger partial charge >= 0.3 is 12.1 Å². The second-order valence-corrected chi connectivity index (χ2v) is 7.63. The summed E-state index contributed by atoms with van der Waals surface area (Å²) in [7, 11) is 1.39. The van der Waals surface area contributed by atoms with Crippen LogP contribution in [-0.2, 0) is 4.74 Å². The van der Waals surface area contributed by atoms with E-state index in [1.165, 1.54) is 13.2 Å². The molecule has 0 radical (unpaired) electrons. The predicted octanol–water partition coefficient (Wildman–Crippen LogP) is 3.95. The van der Waals surface area contributed by atoms with Crippen molar-refractivity contribution in [1.29, 1.82) is 0 Å². The van der Waals surface area contributed by atoms with Crippen LogP contribution in [0.3, 0.4) is 0 Å². The highest BCUT2D eigenvalue weighted by atomic mass is 19.1. The number of piperazine rings is 1. The van der Waals surface area contributed by atoms with Crippen molar-refractivity contribution in [3.8, 4) is 0 Å². The summed E-state index contributed by atoms with van der Waals surface area (Å²) < 4.78 is 19.4. The number of amides is 3. The third-order valence-electron chi connectivity index (χ3n) is 5.99. The molecule has 0 aliphatic carbocycles. The highest BCUT2D eigenvalue weighted by Gasteiger charge is 2.42. The lowest BCUT2D eigenvalue weighted by Gasteiger charge is -2.50. The van der Waals surface area contributed by atoms with Crippen LogP contribution in [0.5, 0.6) is 0 Å². The summed E-state index contributed by atoms with van der Waals surface area (Å²) in [6.45, 7) is 7.53. The molecule has 2 aromatic rings. The number of aromatic amines is 1. The van der Waals surface area contributed by atoms with E-state index in [9.17, 15) is 14.0 Å². The van der Waals surface area contributed by atoms with E-state index in [-0.39, 0.29) is 17.3 Å². The summed E-state index contributed by atoms with van der Waals surface area (Å²) in [6, 6.07) is 4.03. The fraction of sp³-hybridized carbons (Fsp3) is 0.476. The molecule has 10 heteroatoms.